The molecule has 4 heteroatoms. The Kier molecular flexibility index (Phi) is 5.52. The maximum absolute atomic E-state index is 5.97. The van der Waals surface area contributed by atoms with Gasteiger partial charge in [-0.25, -0.2) is 0 Å². The summed E-state index contributed by atoms with van der Waals surface area (Å²) in [5.74, 6) is 1.61. The van der Waals surface area contributed by atoms with Crippen LogP contribution in [-0.2, 0) is 20.7 Å². The normalized spacial score (nSPS) is 16.1. The Morgan fingerprint density at radius 3 is 1.04 bits per heavy atom. The van der Waals surface area contributed by atoms with Crippen LogP contribution in [0.3, 0.4) is 0 Å². The van der Waals surface area contributed by atoms with Gasteiger partial charge in [0.2, 0.25) is 0 Å². The van der Waals surface area contributed by atoms with Crippen LogP contribution in [0.4, 0.5) is 0 Å². The molecule has 0 aromatic heterocycles. The van der Waals surface area contributed by atoms with Crippen LogP contribution in [0.15, 0.2) is 48.5 Å². The number of benzene rings is 2. The van der Waals surface area contributed by atoms with Gasteiger partial charge in [-0.3, -0.25) is 0 Å². The van der Waals surface area contributed by atoms with Crippen molar-refractivity contribution in [2.75, 3.05) is 28.4 Å². The monoisotopic (exact) mass is 330 g/mol. The smallest absolute Gasteiger partial charge is 0.123 e. The van der Waals surface area contributed by atoms with E-state index in [2.05, 4.69) is 0 Å². The van der Waals surface area contributed by atoms with Crippen molar-refractivity contribution < 1.29 is 18.9 Å². The lowest BCUT2D eigenvalue weighted by Crippen LogP contribution is -2.48. The molecule has 0 fully saturated rings. The average molecular weight is 330 g/mol. The molecule has 24 heavy (non-hydrogen) atoms. The molecule has 4 nitrogen and oxygen atoms in total. The van der Waals surface area contributed by atoms with Crippen molar-refractivity contribution in [3.63, 3.8) is 0 Å². The van der Waals surface area contributed by atoms with E-state index in [1.54, 1.807) is 28.4 Å². The summed E-state index contributed by atoms with van der Waals surface area (Å²) in [6.07, 6.45) is 0. The van der Waals surface area contributed by atoms with Crippen molar-refractivity contribution >= 4 is 0 Å². The molecular weight excluding hydrogens is 304 g/mol. The minimum atomic E-state index is -0.692. The van der Waals surface area contributed by atoms with E-state index in [-0.39, 0.29) is 0 Å². The van der Waals surface area contributed by atoms with Crippen molar-refractivity contribution in [1.82, 2.24) is 0 Å². The van der Waals surface area contributed by atoms with Crippen molar-refractivity contribution in [3.05, 3.63) is 59.7 Å². The van der Waals surface area contributed by atoms with E-state index >= 15 is 0 Å². The van der Waals surface area contributed by atoms with Gasteiger partial charge in [-0.15, -0.1) is 0 Å². The van der Waals surface area contributed by atoms with Gasteiger partial charge in [0, 0.05) is 14.2 Å². The van der Waals surface area contributed by atoms with Crippen LogP contribution in [0.1, 0.15) is 25.0 Å². The topological polar surface area (TPSA) is 36.9 Å². The first-order valence-electron chi connectivity index (χ1n) is 7.84. The van der Waals surface area contributed by atoms with Crippen molar-refractivity contribution in [2.24, 2.45) is 0 Å². The molecule has 0 saturated carbocycles. The zero-order valence-electron chi connectivity index (χ0n) is 15.3. The number of rotatable bonds is 7. The second-order valence-electron chi connectivity index (χ2n) is 5.93. The number of methoxy groups -OCH3 is 4. The Labute approximate surface area is 144 Å². The van der Waals surface area contributed by atoms with Gasteiger partial charge < -0.3 is 18.9 Å². The molecule has 130 valence electrons. The van der Waals surface area contributed by atoms with E-state index in [1.165, 1.54) is 0 Å². The first-order chi connectivity index (χ1) is 11.4. The molecule has 0 aliphatic heterocycles. The maximum atomic E-state index is 5.97. The van der Waals surface area contributed by atoms with Crippen molar-refractivity contribution in [3.8, 4) is 11.5 Å². The standard InChI is InChI=1S/C20H26O4/c1-19(23-5,15-7-11-17(21-3)12-8-15)20(2,24-6)16-9-13-18(22-4)14-10-16/h7-14H,1-6H3. The molecule has 2 aromatic carbocycles. The summed E-state index contributed by atoms with van der Waals surface area (Å²) in [4.78, 5) is 0. The predicted octanol–water partition coefficient (Wildman–Crippen LogP) is 4.13. The Morgan fingerprint density at radius 1 is 0.542 bits per heavy atom. The van der Waals surface area contributed by atoms with Gasteiger partial charge in [0.15, 0.2) is 0 Å². The van der Waals surface area contributed by atoms with Gasteiger partial charge in [-0.05, 0) is 49.2 Å². The summed E-state index contributed by atoms with van der Waals surface area (Å²) in [6, 6.07) is 15.7. The fourth-order valence-corrected chi connectivity index (χ4v) is 2.99. The lowest BCUT2D eigenvalue weighted by Gasteiger charge is -2.45. The average Bonchev–Trinajstić information content (AvgIpc) is 2.66. The Morgan fingerprint density at radius 2 is 0.833 bits per heavy atom. The zero-order valence-corrected chi connectivity index (χ0v) is 15.3. The Bertz CT molecular complexity index is 591. The van der Waals surface area contributed by atoms with Crippen LogP contribution in [0.2, 0.25) is 0 Å². The Balaban J connectivity index is 2.52. The predicted molar refractivity (Wildman–Crippen MR) is 94.7 cm³/mol. The third-order valence-electron chi connectivity index (χ3n) is 5.01. The summed E-state index contributed by atoms with van der Waals surface area (Å²) in [5.41, 5.74) is 0.627. The third-order valence-corrected chi connectivity index (χ3v) is 5.01. The fraction of sp³-hybridized carbons (Fsp3) is 0.400. The molecule has 2 atom stereocenters. The molecule has 0 N–H and O–H groups in total. The molecule has 0 aliphatic carbocycles. The lowest BCUT2D eigenvalue weighted by molar-refractivity contribution is -0.180. The molecule has 0 amide bonds. The first-order valence-corrected chi connectivity index (χ1v) is 7.84. The molecule has 0 bridgehead atoms. The van der Waals surface area contributed by atoms with Gasteiger partial charge in [-0.1, -0.05) is 24.3 Å². The molecule has 0 aliphatic rings. The summed E-state index contributed by atoms with van der Waals surface area (Å²) in [7, 11) is 6.71. The van der Waals surface area contributed by atoms with E-state index < -0.39 is 11.2 Å². The van der Waals surface area contributed by atoms with Gasteiger partial charge in [0.1, 0.15) is 22.7 Å². The molecule has 0 saturated heterocycles. The first kappa shape index (κ1) is 18.3. The lowest BCUT2D eigenvalue weighted by atomic mass is 9.75. The molecule has 2 aromatic rings. The molecule has 0 heterocycles. The number of hydrogen-bond donors (Lipinski definition) is 0. The van der Waals surface area contributed by atoms with Gasteiger partial charge in [0.05, 0.1) is 14.2 Å². The fourth-order valence-electron chi connectivity index (χ4n) is 2.99. The molecule has 0 spiro atoms. The minimum Gasteiger partial charge on any atom is -0.497 e. The maximum Gasteiger partial charge on any atom is 0.123 e. The molecule has 0 radical (unpaired) electrons. The molecular formula is C20H26O4. The number of hydrogen-bond acceptors (Lipinski definition) is 4. The molecule has 2 rings (SSSR count). The summed E-state index contributed by atoms with van der Waals surface area (Å²) in [6.45, 7) is 4.06. The summed E-state index contributed by atoms with van der Waals surface area (Å²) >= 11 is 0. The van der Waals surface area contributed by atoms with Crippen LogP contribution in [0.25, 0.3) is 0 Å². The van der Waals surface area contributed by atoms with E-state index in [4.69, 9.17) is 18.9 Å². The van der Waals surface area contributed by atoms with E-state index in [1.807, 2.05) is 62.4 Å². The second-order valence-corrected chi connectivity index (χ2v) is 5.93. The third kappa shape index (κ3) is 2.99. The highest BCUT2D eigenvalue weighted by Gasteiger charge is 2.48. The van der Waals surface area contributed by atoms with Crippen LogP contribution in [0, 0.1) is 0 Å². The summed E-state index contributed by atoms with van der Waals surface area (Å²) < 4.78 is 22.4. The van der Waals surface area contributed by atoms with Crippen LogP contribution in [0.5, 0.6) is 11.5 Å². The van der Waals surface area contributed by atoms with E-state index in [0.717, 1.165) is 22.6 Å². The van der Waals surface area contributed by atoms with Gasteiger partial charge in [-0.2, -0.15) is 0 Å². The minimum absolute atomic E-state index is 0.692. The zero-order chi connectivity index (χ0) is 17.8. The number of ether oxygens (including phenoxy) is 4. The van der Waals surface area contributed by atoms with Crippen molar-refractivity contribution in [1.29, 1.82) is 0 Å². The van der Waals surface area contributed by atoms with Crippen LogP contribution in [-0.4, -0.2) is 28.4 Å². The van der Waals surface area contributed by atoms with E-state index in [9.17, 15) is 0 Å². The Hall–Kier alpha value is -2.04. The SMILES string of the molecule is COc1ccc(C(C)(OC)C(C)(OC)c2ccc(OC)cc2)cc1. The quantitative estimate of drug-likeness (QED) is 0.765. The van der Waals surface area contributed by atoms with Crippen LogP contribution < -0.4 is 9.47 Å². The van der Waals surface area contributed by atoms with Crippen molar-refractivity contribution in [2.45, 2.75) is 25.0 Å². The molecule has 2 unspecified atom stereocenters. The van der Waals surface area contributed by atoms with Gasteiger partial charge in [0.25, 0.3) is 0 Å². The highest BCUT2D eigenvalue weighted by atomic mass is 16.5. The van der Waals surface area contributed by atoms with Crippen LogP contribution >= 0.6 is 0 Å². The highest BCUT2D eigenvalue weighted by molar-refractivity contribution is 5.38. The highest BCUT2D eigenvalue weighted by Crippen LogP contribution is 2.45. The second kappa shape index (κ2) is 7.24. The summed E-state index contributed by atoms with van der Waals surface area (Å²) in [5, 5.41) is 0. The van der Waals surface area contributed by atoms with E-state index in [0.29, 0.717) is 0 Å². The largest absolute Gasteiger partial charge is 0.497 e. The van der Waals surface area contributed by atoms with Gasteiger partial charge >= 0.3 is 0 Å².